The monoisotopic (exact) mass is 238 g/mol. The second-order valence-electron chi connectivity index (χ2n) is 3.46. The lowest BCUT2D eigenvalue weighted by molar-refractivity contribution is -0.485. The first-order valence-corrected chi connectivity index (χ1v) is 6.27. The molecule has 0 radical (unpaired) electrons. The van der Waals surface area contributed by atoms with Gasteiger partial charge in [0, 0.05) is 11.1 Å². The number of rotatable bonds is 2. The molecule has 15 heavy (non-hydrogen) atoms. The van der Waals surface area contributed by atoms with E-state index in [-0.39, 0.29) is 0 Å². The van der Waals surface area contributed by atoms with Crippen molar-refractivity contribution in [2.45, 2.75) is 0 Å². The molecule has 0 saturated carbocycles. The molecule has 0 bridgehead atoms. The van der Waals surface area contributed by atoms with Crippen LogP contribution in [0.3, 0.4) is 0 Å². The van der Waals surface area contributed by atoms with Crippen molar-refractivity contribution in [3.05, 3.63) is 40.9 Å². The van der Waals surface area contributed by atoms with Crippen LogP contribution in [-0.2, 0) is 0 Å². The maximum absolute atomic E-state index is 6.07. The molecule has 2 rings (SSSR count). The van der Waals surface area contributed by atoms with Gasteiger partial charge in [0.05, 0.1) is 5.75 Å². The third-order valence-electron chi connectivity index (χ3n) is 2.36. The van der Waals surface area contributed by atoms with E-state index >= 15 is 0 Å². The highest BCUT2D eigenvalue weighted by Crippen LogP contribution is 2.18. The molecule has 1 nitrogen and oxygen atoms in total. The first kappa shape index (κ1) is 10.8. The molecule has 0 spiro atoms. The summed E-state index contributed by atoms with van der Waals surface area (Å²) in [5.41, 5.74) is 1.08. The van der Waals surface area contributed by atoms with Crippen molar-refractivity contribution in [2.24, 2.45) is 0 Å². The minimum absolute atomic E-state index is 0.806. The van der Waals surface area contributed by atoms with E-state index in [0.29, 0.717) is 0 Å². The number of nitrogens with zero attached hydrogens (tertiary/aromatic N) is 1. The van der Waals surface area contributed by atoms with Crippen LogP contribution >= 0.6 is 23.4 Å². The first-order valence-electron chi connectivity index (χ1n) is 4.91. The topological polar surface area (TPSA) is 3.01 Å². The van der Waals surface area contributed by atoms with Gasteiger partial charge in [0.25, 0.3) is 0 Å². The predicted octanol–water partition coefficient (Wildman–Crippen LogP) is 3.14. The van der Waals surface area contributed by atoms with Crippen LogP contribution in [0.1, 0.15) is 5.56 Å². The van der Waals surface area contributed by atoms with Crippen molar-refractivity contribution in [3.63, 3.8) is 0 Å². The molecule has 78 valence electrons. The molecule has 0 saturated heterocycles. The molecule has 1 aromatic rings. The number of benzene rings is 1. The van der Waals surface area contributed by atoms with Gasteiger partial charge in [0.2, 0.25) is 5.04 Å². The van der Waals surface area contributed by atoms with E-state index in [4.69, 9.17) is 11.6 Å². The number of hydrogen-bond acceptors (Lipinski definition) is 1. The zero-order chi connectivity index (χ0) is 10.7. The molecule has 1 heterocycles. The van der Waals surface area contributed by atoms with Gasteiger partial charge in [-0.15, -0.1) is 0 Å². The largest absolute Gasteiger partial charge is 0.234 e. The molecule has 0 aliphatic carbocycles. The quantitative estimate of drug-likeness (QED) is 0.716. The fourth-order valence-corrected chi connectivity index (χ4v) is 2.70. The Morgan fingerprint density at radius 2 is 2.13 bits per heavy atom. The second kappa shape index (κ2) is 4.86. The predicted molar refractivity (Wildman–Crippen MR) is 69.0 cm³/mol. The Labute approximate surface area is 99.5 Å². The van der Waals surface area contributed by atoms with Crippen LogP contribution in [0.4, 0.5) is 0 Å². The van der Waals surface area contributed by atoms with E-state index in [0.717, 1.165) is 17.1 Å². The zero-order valence-corrected chi connectivity index (χ0v) is 10.2. The first-order chi connectivity index (χ1) is 7.27. The maximum atomic E-state index is 6.07. The molecular formula is C12H13ClNS+. The fraction of sp³-hybridized carbons (Fsp3) is 0.250. The van der Waals surface area contributed by atoms with Gasteiger partial charge >= 0.3 is 0 Å². The fourth-order valence-electron chi connectivity index (χ4n) is 1.45. The molecule has 0 N–H and O–H groups in total. The van der Waals surface area contributed by atoms with Crippen molar-refractivity contribution < 1.29 is 4.58 Å². The van der Waals surface area contributed by atoms with Gasteiger partial charge in [0.15, 0.2) is 6.54 Å². The SMILES string of the molecule is C[N+]1=C(C=Cc2ccccc2Cl)SCC1. The standard InChI is InChI=1S/C12H13ClNS/c1-14-8-9-15-12(14)7-6-10-4-2-3-5-11(10)13/h2-7H,8-9H2,1H3/q+1. The molecule has 0 unspecified atom stereocenters. The van der Waals surface area contributed by atoms with E-state index in [2.05, 4.69) is 23.8 Å². The Bertz CT molecular complexity index is 423. The summed E-state index contributed by atoms with van der Waals surface area (Å²) in [7, 11) is 2.12. The van der Waals surface area contributed by atoms with Gasteiger partial charge in [-0.3, -0.25) is 0 Å². The van der Waals surface area contributed by atoms with Crippen LogP contribution in [0.2, 0.25) is 5.02 Å². The Morgan fingerprint density at radius 3 is 2.80 bits per heavy atom. The lowest BCUT2D eigenvalue weighted by Gasteiger charge is -1.95. The molecule has 3 heteroatoms. The summed E-state index contributed by atoms with van der Waals surface area (Å²) in [6, 6.07) is 7.89. The minimum Gasteiger partial charge on any atom is -0.226 e. The van der Waals surface area contributed by atoms with Gasteiger partial charge in [-0.1, -0.05) is 41.6 Å². The van der Waals surface area contributed by atoms with Crippen molar-refractivity contribution in [1.29, 1.82) is 0 Å². The molecule has 0 amide bonds. The van der Waals surface area contributed by atoms with Crippen LogP contribution < -0.4 is 0 Å². The second-order valence-corrected chi connectivity index (χ2v) is 4.99. The summed E-state index contributed by atoms with van der Waals surface area (Å²) < 4.78 is 2.26. The Morgan fingerprint density at radius 1 is 1.33 bits per heavy atom. The van der Waals surface area contributed by atoms with Gasteiger partial charge < -0.3 is 0 Å². The van der Waals surface area contributed by atoms with E-state index < -0.39 is 0 Å². The van der Waals surface area contributed by atoms with Crippen LogP contribution in [-0.4, -0.2) is 29.0 Å². The van der Waals surface area contributed by atoms with E-state index in [9.17, 15) is 0 Å². The maximum Gasteiger partial charge on any atom is 0.234 e. The Hall–Kier alpha value is -0.730. The molecule has 1 aromatic carbocycles. The summed E-state index contributed by atoms with van der Waals surface area (Å²) in [6.45, 7) is 1.13. The van der Waals surface area contributed by atoms with E-state index in [1.54, 1.807) is 0 Å². The number of halogens is 1. The summed E-state index contributed by atoms with van der Waals surface area (Å²) in [5.74, 6) is 1.18. The Kier molecular flexibility index (Phi) is 3.49. The normalized spacial score (nSPS) is 16.7. The van der Waals surface area contributed by atoms with Crippen molar-refractivity contribution >= 4 is 34.5 Å². The summed E-state index contributed by atoms with van der Waals surface area (Å²) in [5, 5.41) is 2.12. The third kappa shape index (κ3) is 2.64. The van der Waals surface area contributed by atoms with E-state index in [1.807, 2.05) is 36.0 Å². The highest BCUT2D eigenvalue weighted by Gasteiger charge is 2.16. The summed E-state index contributed by atoms with van der Waals surface area (Å²) in [6.07, 6.45) is 4.21. The molecular weight excluding hydrogens is 226 g/mol. The number of hydrogen-bond donors (Lipinski definition) is 0. The Balaban J connectivity index is 2.19. The van der Waals surface area contributed by atoms with Gasteiger partial charge in [-0.05, 0) is 17.7 Å². The van der Waals surface area contributed by atoms with Crippen LogP contribution in [0.15, 0.2) is 30.3 Å². The van der Waals surface area contributed by atoms with Crippen LogP contribution in [0, 0.1) is 0 Å². The molecule has 0 fully saturated rings. The highest BCUT2D eigenvalue weighted by molar-refractivity contribution is 8.14. The lowest BCUT2D eigenvalue weighted by Crippen LogP contribution is -2.06. The highest BCUT2D eigenvalue weighted by atomic mass is 35.5. The van der Waals surface area contributed by atoms with Crippen LogP contribution in [0.25, 0.3) is 6.08 Å². The smallest absolute Gasteiger partial charge is 0.226 e. The average molecular weight is 239 g/mol. The molecule has 1 aliphatic rings. The van der Waals surface area contributed by atoms with Crippen molar-refractivity contribution in [2.75, 3.05) is 19.3 Å². The molecule has 0 aromatic heterocycles. The van der Waals surface area contributed by atoms with Gasteiger partial charge in [-0.2, -0.15) is 0 Å². The molecule has 0 atom stereocenters. The van der Waals surface area contributed by atoms with E-state index in [1.165, 1.54) is 10.8 Å². The van der Waals surface area contributed by atoms with Crippen molar-refractivity contribution in [1.82, 2.24) is 0 Å². The summed E-state index contributed by atoms with van der Waals surface area (Å²) in [4.78, 5) is 0. The van der Waals surface area contributed by atoms with Crippen LogP contribution in [0.5, 0.6) is 0 Å². The lowest BCUT2D eigenvalue weighted by atomic mass is 10.2. The number of thioether (sulfide) groups is 1. The average Bonchev–Trinajstić information content (AvgIpc) is 2.63. The molecule has 1 aliphatic heterocycles. The summed E-state index contributed by atoms with van der Waals surface area (Å²) >= 11 is 7.95. The van der Waals surface area contributed by atoms with Gasteiger partial charge in [0.1, 0.15) is 7.05 Å². The van der Waals surface area contributed by atoms with Gasteiger partial charge in [-0.25, -0.2) is 4.58 Å². The minimum atomic E-state index is 0.806. The van der Waals surface area contributed by atoms with Crippen molar-refractivity contribution in [3.8, 4) is 0 Å². The zero-order valence-electron chi connectivity index (χ0n) is 8.61. The third-order valence-corrected chi connectivity index (χ3v) is 3.84.